The first-order valence-corrected chi connectivity index (χ1v) is 9.56. The Labute approximate surface area is 161 Å². The van der Waals surface area contributed by atoms with E-state index in [0.717, 1.165) is 50.0 Å². The summed E-state index contributed by atoms with van der Waals surface area (Å²) >= 11 is 0. The number of anilines is 2. The van der Waals surface area contributed by atoms with Gasteiger partial charge >= 0.3 is 0 Å². The Bertz CT molecular complexity index is 753. The van der Waals surface area contributed by atoms with Gasteiger partial charge in [-0.25, -0.2) is 4.98 Å². The van der Waals surface area contributed by atoms with Gasteiger partial charge in [0.1, 0.15) is 11.6 Å². The van der Waals surface area contributed by atoms with Gasteiger partial charge in [-0.3, -0.25) is 4.79 Å². The molecule has 1 aromatic heterocycles. The van der Waals surface area contributed by atoms with Crippen molar-refractivity contribution in [2.45, 2.75) is 26.9 Å². The largest absolute Gasteiger partial charge is 0.491 e. The van der Waals surface area contributed by atoms with E-state index < -0.39 is 0 Å². The molecule has 0 aliphatic carbocycles. The van der Waals surface area contributed by atoms with Crippen LogP contribution in [-0.2, 0) is 0 Å². The average molecular weight is 368 g/mol. The molecule has 0 unspecified atom stereocenters. The zero-order chi connectivity index (χ0) is 19.2. The number of likely N-dealkylation sites (N-methyl/N-ethyl adjacent to an activating group) is 1. The minimum atomic E-state index is -0.136. The second-order valence-electron chi connectivity index (χ2n) is 6.97. The molecule has 0 atom stereocenters. The summed E-state index contributed by atoms with van der Waals surface area (Å²) in [5.74, 6) is 1.52. The molecule has 1 amide bonds. The first-order valence-electron chi connectivity index (χ1n) is 9.56. The quantitative estimate of drug-likeness (QED) is 0.848. The van der Waals surface area contributed by atoms with Crippen LogP contribution in [0.3, 0.4) is 0 Å². The fraction of sp³-hybridized carbons (Fsp3) is 0.429. The number of piperazine rings is 1. The van der Waals surface area contributed by atoms with E-state index >= 15 is 0 Å². The number of ether oxygens (including phenoxy) is 1. The minimum Gasteiger partial charge on any atom is -0.491 e. The van der Waals surface area contributed by atoms with Crippen LogP contribution in [0.1, 0.15) is 31.1 Å². The van der Waals surface area contributed by atoms with E-state index in [1.165, 1.54) is 0 Å². The Morgan fingerprint density at radius 1 is 1.15 bits per heavy atom. The molecule has 1 saturated heterocycles. The van der Waals surface area contributed by atoms with Gasteiger partial charge in [0.05, 0.1) is 6.10 Å². The van der Waals surface area contributed by atoms with Crippen molar-refractivity contribution in [3.05, 3.63) is 48.2 Å². The Kier molecular flexibility index (Phi) is 6.29. The summed E-state index contributed by atoms with van der Waals surface area (Å²) in [6, 6.07) is 11.0. The van der Waals surface area contributed by atoms with E-state index in [2.05, 4.69) is 27.0 Å². The van der Waals surface area contributed by atoms with Crippen LogP contribution in [0.15, 0.2) is 42.6 Å². The lowest BCUT2D eigenvalue weighted by molar-refractivity contribution is 0.102. The molecule has 2 heterocycles. The predicted octanol–water partition coefficient (Wildman–Crippen LogP) is 3.26. The highest BCUT2D eigenvalue weighted by Crippen LogP contribution is 2.19. The van der Waals surface area contributed by atoms with Crippen LogP contribution in [0, 0.1) is 0 Å². The van der Waals surface area contributed by atoms with Gasteiger partial charge in [-0.1, -0.05) is 6.92 Å². The van der Waals surface area contributed by atoms with E-state index in [1.807, 2.05) is 44.2 Å². The van der Waals surface area contributed by atoms with Crippen molar-refractivity contribution in [2.24, 2.45) is 0 Å². The Morgan fingerprint density at radius 3 is 2.48 bits per heavy atom. The van der Waals surface area contributed by atoms with Gasteiger partial charge in [0.2, 0.25) is 0 Å². The predicted molar refractivity (Wildman–Crippen MR) is 109 cm³/mol. The maximum Gasteiger partial charge on any atom is 0.255 e. The van der Waals surface area contributed by atoms with Gasteiger partial charge in [0.25, 0.3) is 5.91 Å². The first kappa shape index (κ1) is 19.2. The summed E-state index contributed by atoms with van der Waals surface area (Å²) in [5.41, 5.74) is 1.35. The number of rotatable bonds is 6. The molecule has 1 aromatic carbocycles. The number of hydrogen-bond acceptors (Lipinski definition) is 5. The van der Waals surface area contributed by atoms with Crippen molar-refractivity contribution in [3.8, 4) is 5.75 Å². The summed E-state index contributed by atoms with van der Waals surface area (Å²) in [7, 11) is 0. The number of carbonyl (C=O) groups is 1. The Hall–Kier alpha value is -2.60. The normalized spacial score (nSPS) is 15.0. The van der Waals surface area contributed by atoms with Crippen molar-refractivity contribution in [3.63, 3.8) is 0 Å². The molecule has 27 heavy (non-hydrogen) atoms. The number of hydrogen-bond donors (Lipinski definition) is 1. The summed E-state index contributed by atoms with van der Waals surface area (Å²) in [6.45, 7) is 11.1. The van der Waals surface area contributed by atoms with E-state index in [-0.39, 0.29) is 12.0 Å². The Morgan fingerprint density at radius 2 is 1.85 bits per heavy atom. The third-order valence-corrected chi connectivity index (χ3v) is 4.64. The first-order chi connectivity index (χ1) is 13.0. The van der Waals surface area contributed by atoms with Crippen LogP contribution >= 0.6 is 0 Å². The monoisotopic (exact) mass is 368 g/mol. The molecule has 0 spiro atoms. The molecule has 2 aromatic rings. The van der Waals surface area contributed by atoms with Crippen molar-refractivity contribution in [2.75, 3.05) is 42.9 Å². The topological polar surface area (TPSA) is 57.7 Å². The Balaban J connectivity index is 1.63. The molecule has 1 N–H and O–H groups in total. The van der Waals surface area contributed by atoms with E-state index in [9.17, 15) is 4.79 Å². The van der Waals surface area contributed by atoms with Crippen LogP contribution in [0.2, 0.25) is 0 Å². The molecule has 1 aliphatic rings. The molecular weight excluding hydrogens is 340 g/mol. The molecule has 0 saturated carbocycles. The van der Waals surface area contributed by atoms with Crippen LogP contribution in [0.25, 0.3) is 0 Å². The second kappa shape index (κ2) is 8.86. The third-order valence-electron chi connectivity index (χ3n) is 4.64. The number of pyridine rings is 1. The molecular formula is C21H28N4O2. The van der Waals surface area contributed by atoms with Gasteiger partial charge in [-0.15, -0.1) is 0 Å². The maximum atomic E-state index is 12.6. The molecule has 1 fully saturated rings. The van der Waals surface area contributed by atoms with Crippen molar-refractivity contribution in [1.82, 2.24) is 9.88 Å². The van der Waals surface area contributed by atoms with Crippen molar-refractivity contribution in [1.29, 1.82) is 0 Å². The smallest absolute Gasteiger partial charge is 0.255 e. The summed E-state index contributed by atoms with van der Waals surface area (Å²) in [6.07, 6.45) is 1.83. The van der Waals surface area contributed by atoms with Crippen LogP contribution < -0.4 is 15.0 Å². The van der Waals surface area contributed by atoms with Crippen LogP contribution in [0.4, 0.5) is 11.5 Å². The maximum absolute atomic E-state index is 12.6. The van der Waals surface area contributed by atoms with Crippen LogP contribution in [0.5, 0.6) is 5.75 Å². The van der Waals surface area contributed by atoms with Gasteiger partial charge in [-0.2, -0.15) is 0 Å². The molecule has 0 radical (unpaired) electrons. The van der Waals surface area contributed by atoms with E-state index in [1.54, 1.807) is 12.3 Å². The second-order valence-corrected chi connectivity index (χ2v) is 6.97. The zero-order valence-electron chi connectivity index (χ0n) is 16.3. The number of benzene rings is 1. The molecule has 3 rings (SSSR count). The molecule has 6 heteroatoms. The third kappa shape index (κ3) is 5.20. The van der Waals surface area contributed by atoms with Gasteiger partial charge in [0, 0.05) is 43.6 Å². The molecule has 6 nitrogen and oxygen atoms in total. The lowest BCUT2D eigenvalue weighted by atomic mass is 10.2. The summed E-state index contributed by atoms with van der Waals surface area (Å²) in [5, 5.41) is 2.94. The standard InChI is InChI=1S/C21H28N4O2/c1-4-24-11-13-25(14-12-24)20-15-17(9-10-22-20)21(26)23-18-5-7-19(8-6-18)27-16(2)3/h5-10,15-16H,4,11-14H2,1-3H3,(H,23,26). The van der Waals surface area contributed by atoms with Crippen molar-refractivity contribution >= 4 is 17.4 Å². The highest BCUT2D eigenvalue weighted by Gasteiger charge is 2.18. The zero-order valence-corrected chi connectivity index (χ0v) is 16.3. The molecule has 0 bridgehead atoms. The van der Waals surface area contributed by atoms with E-state index in [4.69, 9.17) is 4.74 Å². The van der Waals surface area contributed by atoms with Gasteiger partial charge in [-0.05, 0) is 56.8 Å². The number of aromatic nitrogens is 1. The molecule has 144 valence electrons. The minimum absolute atomic E-state index is 0.125. The summed E-state index contributed by atoms with van der Waals surface area (Å²) in [4.78, 5) is 21.7. The van der Waals surface area contributed by atoms with Gasteiger partial charge in [0.15, 0.2) is 0 Å². The highest BCUT2D eigenvalue weighted by atomic mass is 16.5. The van der Waals surface area contributed by atoms with Crippen LogP contribution in [-0.4, -0.2) is 54.6 Å². The number of nitrogens with one attached hydrogen (secondary N) is 1. The fourth-order valence-electron chi connectivity index (χ4n) is 3.12. The molecule has 1 aliphatic heterocycles. The number of nitrogens with zero attached hydrogens (tertiary/aromatic N) is 3. The SMILES string of the molecule is CCN1CCN(c2cc(C(=O)Nc3ccc(OC(C)C)cc3)ccn2)CC1. The number of carbonyl (C=O) groups excluding carboxylic acids is 1. The van der Waals surface area contributed by atoms with Crippen molar-refractivity contribution < 1.29 is 9.53 Å². The lowest BCUT2D eigenvalue weighted by Crippen LogP contribution is -2.46. The summed E-state index contributed by atoms with van der Waals surface area (Å²) < 4.78 is 5.63. The fourth-order valence-corrected chi connectivity index (χ4v) is 3.12. The highest BCUT2D eigenvalue weighted by molar-refractivity contribution is 6.04. The van der Waals surface area contributed by atoms with E-state index in [0.29, 0.717) is 5.56 Å². The average Bonchev–Trinajstić information content (AvgIpc) is 2.69. The lowest BCUT2D eigenvalue weighted by Gasteiger charge is -2.34. The number of amides is 1. The van der Waals surface area contributed by atoms with Gasteiger partial charge < -0.3 is 19.9 Å².